The number of rotatable bonds is 2. The van der Waals surface area contributed by atoms with E-state index < -0.39 is 7.71 Å². The first-order valence-electron chi connectivity index (χ1n) is 1.68. The lowest BCUT2D eigenvalue weighted by atomic mass is 10.9. The Bertz CT molecular complexity index is 124. The van der Waals surface area contributed by atoms with Crippen molar-refractivity contribution in [2.45, 2.75) is 6.92 Å². The Balaban J connectivity index is 3.60. The number of hydrogen-bond donors (Lipinski definition) is 1. The molecule has 0 saturated carbocycles. The molecule has 0 saturated heterocycles. The van der Waals surface area contributed by atoms with Crippen molar-refractivity contribution >= 4 is 30.1 Å². The number of hydrogen-bond acceptors (Lipinski definition) is 3. The average Bonchev–Trinajstić information content (AvgIpc) is 1.30. The predicted octanol–water partition coefficient (Wildman–Crippen LogP) is 0.489. The van der Waals surface area contributed by atoms with Crippen molar-refractivity contribution < 1.29 is 8.74 Å². The van der Waals surface area contributed by atoms with Gasteiger partial charge in [-0.25, -0.2) is 0 Å². The van der Waals surface area contributed by atoms with Crippen LogP contribution in [0.1, 0.15) is 6.92 Å². The molecular formula is C2H6O2S3. The van der Waals surface area contributed by atoms with E-state index in [2.05, 4.69) is 26.6 Å². The van der Waals surface area contributed by atoms with E-state index in [4.69, 9.17) is 4.55 Å². The fourth-order valence-corrected chi connectivity index (χ4v) is 1.02. The van der Waals surface area contributed by atoms with Crippen LogP contribution in [0.3, 0.4) is 0 Å². The molecule has 0 unspecified atom stereocenters. The van der Waals surface area contributed by atoms with Gasteiger partial charge in [0.2, 0.25) is 0 Å². The van der Waals surface area contributed by atoms with Crippen LogP contribution >= 0.6 is 0 Å². The molecule has 0 aliphatic rings. The standard InChI is InChI=1S/C2H6O2S3/c1-2-4-7(3,5)6/h2H2,1H3,(H,3,5,6). The van der Waals surface area contributed by atoms with Gasteiger partial charge in [-0.15, -0.1) is 0 Å². The maximum atomic E-state index is 8.51. The second kappa shape index (κ2) is 2.88. The third-order valence-electron chi connectivity index (χ3n) is 0.267. The molecule has 2 nitrogen and oxygen atoms in total. The SMILES string of the molecule is CCOS(O)(=S)=S. The third-order valence-corrected chi connectivity index (χ3v) is 1.38. The molecule has 0 aliphatic heterocycles. The third kappa shape index (κ3) is 6.71. The van der Waals surface area contributed by atoms with Gasteiger partial charge in [0.05, 0.1) is 6.61 Å². The second-order valence-electron chi connectivity index (χ2n) is 0.834. The quantitative estimate of drug-likeness (QED) is 0.633. The summed E-state index contributed by atoms with van der Waals surface area (Å²) in [5.74, 6) is 0. The smallest absolute Gasteiger partial charge is 0.135 e. The van der Waals surface area contributed by atoms with Gasteiger partial charge in [0.1, 0.15) is 7.71 Å². The van der Waals surface area contributed by atoms with Crippen LogP contribution in [0.25, 0.3) is 0 Å². The van der Waals surface area contributed by atoms with Crippen LogP contribution in [0.5, 0.6) is 0 Å². The summed E-state index contributed by atoms with van der Waals surface area (Å²) in [7, 11) is -2.51. The maximum Gasteiger partial charge on any atom is 0.135 e. The molecule has 0 bridgehead atoms. The molecule has 0 fully saturated rings. The van der Waals surface area contributed by atoms with E-state index in [0.29, 0.717) is 6.61 Å². The first-order chi connectivity index (χ1) is 3.06. The van der Waals surface area contributed by atoms with Gasteiger partial charge in [-0.1, -0.05) is 0 Å². The highest BCUT2D eigenvalue weighted by Gasteiger charge is 1.87. The van der Waals surface area contributed by atoms with Gasteiger partial charge >= 0.3 is 0 Å². The highest BCUT2D eigenvalue weighted by Crippen LogP contribution is 1.84. The average molecular weight is 158 g/mol. The summed E-state index contributed by atoms with van der Waals surface area (Å²) in [5, 5.41) is 0. The van der Waals surface area contributed by atoms with Crippen molar-refractivity contribution in [3.05, 3.63) is 0 Å². The first-order valence-corrected chi connectivity index (χ1v) is 5.04. The molecule has 0 radical (unpaired) electrons. The van der Waals surface area contributed by atoms with Crippen molar-refractivity contribution in [3.8, 4) is 0 Å². The van der Waals surface area contributed by atoms with Gasteiger partial charge in [-0.2, -0.15) is 0 Å². The molecule has 1 N–H and O–H groups in total. The molecule has 0 aromatic carbocycles. The molecule has 0 amide bonds. The van der Waals surface area contributed by atoms with Gasteiger partial charge in [0.15, 0.2) is 0 Å². The van der Waals surface area contributed by atoms with Crippen LogP contribution in [0.4, 0.5) is 0 Å². The Morgan fingerprint density at radius 3 is 2.14 bits per heavy atom. The van der Waals surface area contributed by atoms with E-state index in [0.717, 1.165) is 0 Å². The molecular weight excluding hydrogens is 152 g/mol. The van der Waals surface area contributed by atoms with Crippen molar-refractivity contribution in [2.24, 2.45) is 0 Å². The summed E-state index contributed by atoms with van der Waals surface area (Å²) < 4.78 is 13.0. The fourth-order valence-electron chi connectivity index (χ4n) is 0.149. The zero-order chi connectivity index (χ0) is 5.91. The summed E-state index contributed by atoms with van der Waals surface area (Å²) in [6.45, 7) is 2.12. The highest BCUT2D eigenvalue weighted by molar-refractivity contribution is 8.51. The van der Waals surface area contributed by atoms with Crippen LogP contribution in [0.15, 0.2) is 0 Å². The molecule has 0 heterocycles. The fraction of sp³-hybridized carbons (Fsp3) is 1.00. The van der Waals surface area contributed by atoms with E-state index in [-0.39, 0.29) is 0 Å². The zero-order valence-corrected chi connectivity index (χ0v) is 6.24. The van der Waals surface area contributed by atoms with E-state index >= 15 is 0 Å². The molecule has 0 aliphatic carbocycles. The summed E-state index contributed by atoms with van der Waals surface area (Å²) in [6, 6.07) is 0. The minimum absolute atomic E-state index is 0.388. The van der Waals surface area contributed by atoms with E-state index in [9.17, 15) is 0 Å². The Morgan fingerprint density at radius 1 is 1.71 bits per heavy atom. The maximum absolute atomic E-state index is 8.51. The first kappa shape index (κ1) is 7.71. The second-order valence-corrected chi connectivity index (χ2v) is 5.27. The van der Waals surface area contributed by atoms with Gasteiger partial charge < -0.3 is 4.55 Å². The van der Waals surface area contributed by atoms with E-state index in [1.807, 2.05) is 0 Å². The minimum atomic E-state index is -2.51. The topological polar surface area (TPSA) is 29.5 Å². The Kier molecular flexibility index (Phi) is 3.18. The van der Waals surface area contributed by atoms with Gasteiger partial charge in [0, 0.05) is 22.4 Å². The van der Waals surface area contributed by atoms with Crippen molar-refractivity contribution in [1.29, 1.82) is 0 Å². The molecule has 44 valence electrons. The Labute approximate surface area is 52.7 Å². The monoisotopic (exact) mass is 158 g/mol. The van der Waals surface area contributed by atoms with Gasteiger partial charge in [0.25, 0.3) is 0 Å². The molecule has 0 atom stereocenters. The van der Waals surface area contributed by atoms with Crippen LogP contribution in [0.2, 0.25) is 0 Å². The van der Waals surface area contributed by atoms with Crippen LogP contribution in [-0.2, 0) is 34.3 Å². The Hall–Kier alpha value is 0.710. The highest BCUT2D eigenvalue weighted by atomic mass is 33.1. The van der Waals surface area contributed by atoms with E-state index in [1.165, 1.54) is 0 Å². The lowest BCUT2D eigenvalue weighted by molar-refractivity contribution is 0.357. The minimum Gasteiger partial charge on any atom is -0.306 e. The van der Waals surface area contributed by atoms with Gasteiger partial charge in [-0.05, 0) is 6.92 Å². The molecule has 0 rings (SSSR count). The zero-order valence-electron chi connectivity index (χ0n) is 3.79. The molecule has 5 heteroatoms. The molecule has 0 spiro atoms. The van der Waals surface area contributed by atoms with Gasteiger partial charge in [-0.3, -0.25) is 4.18 Å². The summed E-state index contributed by atoms with van der Waals surface area (Å²) >= 11 is 8.63. The Morgan fingerprint density at radius 2 is 2.14 bits per heavy atom. The van der Waals surface area contributed by atoms with Crippen LogP contribution < -0.4 is 0 Å². The summed E-state index contributed by atoms with van der Waals surface area (Å²) in [5.41, 5.74) is 0. The van der Waals surface area contributed by atoms with Crippen molar-refractivity contribution in [1.82, 2.24) is 0 Å². The normalized spacial score (nSPS) is 11.7. The van der Waals surface area contributed by atoms with Crippen molar-refractivity contribution in [3.63, 3.8) is 0 Å². The lowest BCUT2D eigenvalue weighted by Crippen LogP contribution is -1.98. The molecule has 7 heavy (non-hydrogen) atoms. The predicted molar refractivity (Wildman–Crippen MR) is 36.3 cm³/mol. The summed E-state index contributed by atoms with van der Waals surface area (Å²) in [4.78, 5) is 0. The molecule has 0 aromatic rings. The van der Waals surface area contributed by atoms with E-state index in [1.54, 1.807) is 6.92 Å². The van der Waals surface area contributed by atoms with Crippen molar-refractivity contribution in [2.75, 3.05) is 6.61 Å². The van der Waals surface area contributed by atoms with Crippen LogP contribution in [-0.4, -0.2) is 11.2 Å². The summed E-state index contributed by atoms with van der Waals surface area (Å²) in [6.07, 6.45) is 0. The molecule has 0 aromatic heterocycles. The largest absolute Gasteiger partial charge is 0.306 e. The lowest BCUT2D eigenvalue weighted by Gasteiger charge is -1.96. The van der Waals surface area contributed by atoms with Crippen LogP contribution in [0, 0.1) is 0 Å².